The van der Waals surface area contributed by atoms with E-state index >= 15 is 0 Å². The first-order valence-electron chi connectivity index (χ1n) is 12.6. The highest BCUT2D eigenvalue weighted by Gasteiger charge is 2.51. The summed E-state index contributed by atoms with van der Waals surface area (Å²) in [5.74, 6) is 1.02. The van der Waals surface area contributed by atoms with Gasteiger partial charge >= 0.3 is 0 Å². The molecule has 1 aliphatic carbocycles. The summed E-state index contributed by atoms with van der Waals surface area (Å²) >= 11 is 1.40. The SMILES string of the molecule is Cc1ccc(Cc2nsc(N(CC(=O)N3CC4(C)CC3CC(C)(C)C4)Cc3ccccc3)n2)cc1. The Morgan fingerprint density at radius 2 is 1.80 bits per heavy atom. The lowest BCUT2D eigenvalue weighted by Crippen LogP contribution is -2.43. The molecule has 2 aliphatic rings. The van der Waals surface area contributed by atoms with Gasteiger partial charge in [0.1, 0.15) is 5.82 Å². The molecule has 6 heteroatoms. The molecule has 2 unspecified atom stereocenters. The molecule has 3 aromatic rings. The number of anilines is 1. The van der Waals surface area contributed by atoms with Crippen molar-refractivity contribution in [2.75, 3.05) is 18.0 Å². The van der Waals surface area contributed by atoms with Crippen LogP contribution in [0.15, 0.2) is 54.6 Å². The van der Waals surface area contributed by atoms with Crippen molar-refractivity contribution in [3.8, 4) is 0 Å². The van der Waals surface area contributed by atoms with E-state index in [1.165, 1.54) is 34.6 Å². The van der Waals surface area contributed by atoms with E-state index in [-0.39, 0.29) is 11.3 Å². The van der Waals surface area contributed by atoms with Crippen LogP contribution in [0.2, 0.25) is 0 Å². The molecule has 5 nitrogen and oxygen atoms in total. The van der Waals surface area contributed by atoms with Crippen LogP contribution < -0.4 is 4.90 Å². The van der Waals surface area contributed by atoms with E-state index in [2.05, 4.69) is 78.3 Å². The number of rotatable bonds is 7. The van der Waals surface area contributed by atoms with Gasteiger partial charge < -0.3 is 9.80 Å². The lowest BCUT2D eigenvalue weighted by Gasteiger charge is -2.39. The summed E-state index contributed by atoms with van der Waals surface area (Å²) < 4.78 is 4.65. The second-order valence-electron chi connectivity index (χ2n) is 11.7. The van der Waals surface area contributed by atoms with Crippen molar-refractivity contribution in [2.45, 2.75) is 66.0 Å². The molecular weight excluding hydrogens is 452 g/mol. The summed E-state index contributed by atoms with van der Waals surface area (Å²) in [5.41, 5.74) is 4.14. The van der Waals surface area contributed by atoms with Gasteiger partial charge in [-0.2, -0.15) is 4.37 Å². The Balaban J connectivity index is 1.35. The molecule has 1 aliphatic heterocycles. The second-order valence-corrected chi connectivity index (χ2v) is 12.5. The van der Waals surface area contributed by atoms with E-state index in [4.69, 9.17) is 4.98 Å². The predicted octanol–water partition coefficient (Wildman–Crippen LogP) is 5.87. The maximum Gasteiger partial charge on any atom is 0.242 e. The lowest BCUT2D eigenvalue weighted by molar-refractivity contribution is -0.130. The molecule has 0 N–H and O–H groups in total. The highest BCUT2D eigenvalue weighted by molar-refractivity contribution is 7.09. The molecule has 5 rings (SSSR count). The van der Waals surface area contributed by atoms with Crippen LogP contribution in [-0.2, 0) is 17.8 Å². The second kappa shape index (κ2) is 9.38. The van der Waals surface area contributed by atoms with Gasteiger partial charge in [0.2, 0.25) is 11.0 Å². The van der Waals surface area contributed by atoms with Crippen LogP contribution in [0, 0.1) is 17.8 Å². The molecule has 2 atom stereocenters. The van der Waals surface area contributed by atoms with Crippen molar-refractivity contribution in [3.05, 3.63) is 77.1 Å². The number of carbonyl (C=O) groups excluding carboxylic acids is 1. The highest BCUT2D eigenvalue weighted by Crippen LogP contribution is 2.52. The fourth-order valence-corrected chi connectivity index (χ4v) is 7.02. The first-order valence-corrected chi connectivity index (χ1v) is 13.4. The minimum Gasteiger partial charge on any atom is -0.338 e. The molecule has 184 valence electrons. The summed E-state index contributed by atoms with van der Waals surface area (Å²) in [6, 6.07) is 19.2. The Bertz CT molecular complexity index is 1170. The van der Waals surface area contributed by atoms with Gasteiger partial charge in [0.25, 0.3) is 0 Å². The van der Waals surface area contributed by atoms with Crippen molar-refractivity contribution >= 4 is 22.6 Å². The standard InChI is InChI=1S/C29H36N4OS/c1-21-10-12-22(13-11-21)14-25-30-27(35-31-25)32(17-23-8-6-5-7-9-23)18-26(34)33-20-29(4)16-24(33)15-28(2,3)19-29/h5-13,24H,14-20H2,1-4H3. The average Bonchev–Trinajstić information content (AvgIpc) is 3.36. The average molecular weight is 489 g/mol. The molecule has 0 spiro atoms. The van der Waals surface area contributed by atoms with Crippen LogP contribution in [0.25, 0.3) is 0 Å². The third-order valence-corrected chi connectivity index (χ3v) is 8.30. The van der Waals surface area contributed by atoms with Crippen LogP contribution in [0.3, 0.4) is 0 Å². The van der Waals surface area contributed by atoms with E-state index in [1.54, 1.807) is 0 Å². The number of amides is 1. The number of aryl methyl sites for hydroxylation is 1. The molecule has 35 heavy (non-hydrogen) atoms. The molecule has 2 heterocycles. The van der Waals surface area contributed by atoms with Crippen LogP contribution >= 0.6 is 11.5 Å². The van der Waals surface area contributed by atoms with Crippen LogP contribution in [0.5, 0.6) is 0 Å². The zero-order valence-electron chi connectivity index (χ0n) is 21.3. The number of aromatic nitrogens is 2. The fraction of sp³-hybridized carbons (Fsp3) is 0.483. The quantitative estimate of drug-likeness (QED) is 0.417. The summed E-state index contributed by atoms with van der Waals surface area (Å²) in [7, 11) is 0. The van der Waals surface area contributed by atoms with Crippen molar-refractivity contribution < 1.29 is 4.79 Å². The number of likely N-dealkylation sites (tertiary alicyclic amines) is 1. The van der Waals surface area contributed by atoms with Gasteiger partial charge in [-0.15, -0.1) is 0 Å². The monoisotopic (exact) mass is 488 g/mol. The van der Waals surface area contributed by atoms with Crippen molar-refractivity contribution in [1.29, 1.82) is 0 Å². The van der Waals surface area contributed by atoms with Gasteiger partial charge in [-0.1, -0.05) is 80.9 Å². The van der Waals surface area contributed by atoms with Gasteiger partial charge in [-0.05, 0) is 48.1 Å². The van der Waals surface area contributed by atoms with Crippen LogP contribution in [0.4, 0.5) is 5.13 Å². The smallest absolute Gasteiger partial charge is 0.242 e. The number of hydrogen-bond donors (Lipinski definition) is 0. The van der Waals surface area contributed by atoms with Crippen molar-refractivity contribution in [2.24, 2.45) is 10.8 Å². The van der Waals surface area contributed by atoms with E-state index in [9.17, 15) is 4.79 Å². The molecule has 1 saturated heterocycles. The Morgan fingerprint density at radius 1 is 1.06 bits per heavy atom. The van der Waals surface area contributed by atoms with Crippen molar-refractivity contribution in [3.63, 3.8) is 0 Å². The number of carbonyl (C=O) groups is 1. The minimum atomic E-state index is 0.211. The number of nitrogens with zero attached hydrogens (tertiary/aromatic N) is 4. The maximum atomic E-state index is 13.7. The van der Waals surface area contributed by atoms with Crippen molar-refractivity contribution in [1.82, 2.24) is 14.3 Å². The van der Waals surface area contributed by atoms with Gasteiger partial charge in [0, 0.05) is 37.1 Å². The molecule has 0 radical (unpaired) electrons. The molecule has 2 fully saturated rings. The fourth-order valence-electron chi connectivity index (χ4n) is 6.33. The number of hydrogen-bond acceptors (Lipinski definition) is 5. The van der Waals surface area contributed by atoms with Gasteiger partial charge in [0.05, 0.1) is 6.54 Å². The summed E-state index contributed by atoms with van der Waals surface area (Å²) in [4.78, 5) is 22.8. The zero-order valence-corrected chi connectivity index (χ0v) is 22.1. The molecule has 1 saturated carbocycles. The topological polar surface area (TPSA) is 49.3 Å². The third-order valence-electron chi connectivity index (χ3n) is 7.49. The normalized spacial score (nSPS) is 22.9. The van der Waals surface area contributed by atoms with Gasteiger partial charge in [0.15, 0.2) is 0 Å². The third kappa shape index (κ3) is 5.58. The zero-order chi connectivity index (χ0) is 24.6. The Hall–Kier alpha value is -2.73. The highest BCUT2D eigenvalue weighted by atomic mass is 32.1. The minimum absolute atomic E-state index is 0.211. The Kier molecular flexibility index (Phi) is 6.43. The molecular formula is C29H36N4OS. The van der Waals surface area contributed by atoms with Crippen LogP contribution in [-0.4, -0.2) is 39.3 Å². The summed E-state index contributed by atoms with van der Waals surface area (Å²) in [6.07, 6.45) is 4.10. The van der Waals surface area contributed by atoms with E-state index in [0.717, 1.165) is 30.3 Å². The number of benzene rings is 2. The Labute approximate surface area is 213 Å². The molecule has 1 amide bonds. The first-order chi connectivity index (χ1) is 16.7. The largest absolute Gasteiger partial charge is 0.338 e. The molecule has 1 aromatic heterocycles. The van der Waals surface area contributed by atoms with Gasteiger partial charge in [-0.25, -0.2) is 4.98 Å². The maximum absolute atomic E-state index is 13.7. The number of fused-ring (bicyclic) bond motifs is 2. The summed E-state index contributed by atoms with van der Waals surface area (Å²) in [5, 5.41) is 0.818. The van der Waals surface area contributed by atoms with E-state index in [1.807, 2.05) is 18.2 Å². The van der Waals surface area contributed by atoms with E-state index in [0.29, 0.717) is 31.0 Å². The summed E-state index contributed by atoms with van der Waals surface area (Å²) in [6.45, 7) is 11.0. The first kappa shape index (κ1) is 24.0. The van der Waals surface area contributed by atoms with E-state index < -0.39 is 0 Å². The molecule has 2 bridgehead atoms. The Morgan fingerprint density at radius 3 is 2.54 bits per heavy atom. The van der Waals surface area contributed by atoms with Crippen LogP contribution in [0.1, 0.15) is 62.5 Å². The van der Waals surface area contributed by atoms with Gasteiger partial charge in [-0.3, -0.25) is 4.79 Å². The lowest BCUT2D eigenvalue weighted by atomic mass is 9.65. The predicted molar refractivity (Wildman–Crippen MR) is 143 cm³/mol. The molecule has 2 aromatic carbocycles.